The van der Waals surface area contributed by atoms with Crippen molar-refractivity contribution in [2.24, 2.45) is 0 Å². The summed E-state index contributed by atoms with van der Waals surface area (Å²) < 4.78 is 0. The van der Waals surface area contributed by atoms with Gasteiger partial charge in [0.25, 0.3) is 5.91 Å². The molecule has 1 amide bonds. The lowest BCUT2D eigenvalue weighted by atomic mass is 10.1. The van der Waals surface area contributed by atoms with Crippen molar-refractivity contribution in [1.82, 2.24) is 20.4 Å². The van der Waals surface area contributed by atoms with Gasteiger partial charge in [0.05, 0.1) is 11.2 Å². The number of likely N-dealkylation sites (tertiary alicyclic amines) is 1. The van der Waals surface area contributed by atoms with Gasteiger partial charge in [0.15, 0.2) is 5.69 Å². The molecule has 1 aromatic carbocycles. The highest BCUT2D eigenvalue weighted by Crippen LogP contribution is 2.24. The van der Waals surface area contributed by atoms with E-state index in [1.165, 1.54) is 12.8 Å². The smallest absolute Gasteiger partial charge is 0.274 e. The fraction of sp³-hybridized carbons (Fsp3) is 0.400. The quantitative estimate of drug-likeness (QED) is 0.896. The average molecular weight is 320 g/mol. The van der Waals surface area contributed by atoms with Crippen LogP contribution in [0.3, 0.4) is 0 Å². The molecular weight excluding hydrogens is 302 g/mol. The van der Waals surface area contributed by atoms with E-state index in [2.05, 4.69) is 20.4 Å². The van der Waals surface area contributed by atoms with Crippen LogP contribution in [0.1, 0.15) is 23.3 Å². The van der Waals surface area contributed by atoms with Gasteiger partial charge in [-0.15, -0.1) is 10.2 Å². The third-order valence-electron chi connectivity index (χ3n) is 3.89. The first-order chi connectivity index (χ1) is 10.6. The maximum Gasteiger partial charge on any atom is 0.274 e. The summed E-state index contributed by atoms with van der Waals surface area (Å²) >= 11 is 5.97. The normalized spacial score (nSPS) is 15.3. The van der Waals surface area contributed by atoms with E-state index in [-0.39, 0.29) is 11.6 Å². The van der Waals surface area contributed by atoms with Crippen LogP contribution < -0.4 is 11.1 Å². The van der Waals surface area contributed by atoms with Crippen LogP contribution in [0.25, 0.3) is 10.9 Å². The summed E-state index contributed by atoms with van der Waals surface area (Å²) in [5.41, 5.74) is 7.13. The Morgan fingerprint density at radius 3 is 2.86 bits per heavy atom. The summed E-state index contributed by atoms with van der Waals surface area (Å²) in [4.78, 5) is 14.6. The molecule has 2 heterocycles. The topological polar surface area (TPSA) is 84.1 Å². The largest absolute Gasteiger partial charge is 0.396 e. The molecule has 1 aromatic heterocycles. The molecule has 1 saturated heterocycles. The average Bonchev–Trinajstić information content (AvgIpc) is 3.01. The second-order valence-corrected chi connectivity index (χ2v) is 5.86. The number of carbonyl (C=O) groups is 1. The van der Waals surface area contributed by atoms with Gasteiger partial charge in [0, 0.05) is 23.5 Å². The fourth-order valence-corrected chi connectivity index (χ4v) is 2.85. The summed E-state index contributed by atoms with van der Waals surface area (Å²) in [7, 11) is 0. The van der Waals surface area contributed by atoms with E-state index in [4.69, 9.17) is 17.3 Å². The Balaban J connectivity index is 1.71. The molecule has 0 atom stereocenters. The molecule has 0 saturated carbocycles. The van der Waals surface area contributed by atoms with Gasteiger partial charge in [-0.25, -0.2) is 0 Å². The lowest BCUT2D eigenvalue weighted by molar-refractivity contribution is 0.0945. The van der Waals surface area contributed by atoms with Gasteiger partial charge in [0.1, 0.15) is 0 Å². The van der Waals surface area contributed by atoms with Crippen molar-refractivity contribution in [1.29, 1.82) is 0 Å². The molecule has 1 aliphatic rings. The predicted molar refractivity (Wildman–Crippen MR) is 87.0 cm³/mol. The van der Waals surface area contributed by atoms with Crippen LogP contribution in [-0.4, -0.2) is 47.2 Å². The monoisotopic (exact) mass is 319 g/mol. The highest BCUT2D eigenvalue weighted by atomic mass is 35.5. The second kappa shape index (κ2) is 6.46. The van der Waals surface area contributed by atoms with Crippen LogP contribution in [0, 0.1) is 0 Å². The number of benzene rings is 1. The SMILES string of the molecule is Nc1c(C(=O)NCCN2CCCC2)nnc2ccc(Cl)cc12. The molecule has 7 heteroatoms. The summed E-state index contributed by atoms with van der Waals surface area (Å²) in [6.07, 6.45) is 2.47. The number of aromatic nitrogens is 2. The second-order valence-electron chi connectivity index (χ2n) is 5.43. The van der Waals surface area contributed by atoms with Gasteiger partial charge < -0.3 is 16.0 Å². The van der Waals surface area contributed by atoms with Gasteiger partial charge in [0.2, 0.25) is 0 Å². The van der Waals surface area contributed by atoms with E-state index in [9.17, 15) is 4.79 Å². The Labute approximate surface area is 133 Å². The zero-order valence-corrected chi connectivity index (χ0v) is 12.9. The van der Waals surface area contributed by atoms with Gasteiger partial charge >= 0.3 is 0 Å². The van der Waals surface area contributed by atoms with Crippen molar-refractivity contribution in [3.8, 4) is 0 Å². The number of hydrogen-bond donors (Lipinski definition) is 2. The molecule has 3 N–H and O–H groups in total. The third kappa shape index (κ3) is 3.13. The number of fused-ring (bicyclic) bond motifs is 1. The number of nitrogens with two attached hydrogens (primary N) is 1. The lowest BCUT2D eigenvalue weighted by Crippen LogP contribution is -2.34. The Kier molecular flexibility index (Phi) is 4.40. The number of nitrogens with one attached hydrogen (secondary N) is 1. The first kappa shape index (κ1) is 15.0. The Morgan fingerprint density at radius 1 is 1.32 bits per heavy atom. The van der Waals surface area contributed by atoms with Crippen molar-refractivity contribution < 1.29 is 4.79 Å². The first-order valence-electron chi connectivity index (χ1n) is 7.37. The van der Waals surface area contributed by atoms with Crippen LogP contribution in [0.5, 0.6) is 0 Å². The number of carbonyl (C=O) groups excluding carboxylic acids is 1. The molecule has 1 aliphatic heterocycles. The van der Waals surface area contributed by atoms with Crippen LogP contribution in [0.15, 0.2) is 18.2 Å². The Morgan fingerprint density at radius 2 is 2.09 bits per heavy atom. The van der Waals surface area contributed by atoms with Crippen LogP contribution in [0.2, 0.25) is 5.02 Å². The van der Waals surface area contributed by atoms with E-state index in [0.717, 1.165) is 19.6 Å². The zero-order valence-electron chi connectivity index (χ0n) is 12.2. The lowest BCUT2D eigenvalue weighted by Gasteiger charge is -2.14. The molecule has 0 spiro atoms. The molecule has 1 fully saturated rings. The van der Waals surface area contributed by atoms with Crippen LogP contribution >= 0.6 is 11.6 Å². The Bertz CT molecular complexity index is 700. The maximum atomic E-state index is 12.2. The van der Waals surface area contributed by atoms with Crippen molar-refractivity contribution >= 4 is 34.1 Å². The molecule has 3 rings (SSSR count). The summed E-state index contributed by atoms with van der Waals surface area (Å²) in [6.45, 7) is 3.63. The molecule has 0 aliphatic carbocycles. The highest BCUT2D eigenvalue weighted by molar-refractivity contribution is 6.31. The zero-order chi connectivity index (χ0) is 15.5. The van der Waals surface area contributed by atoms with Crippen molar-refractivity contribution in [2.75, 3.05) is 31.9 Å². The number of amides is 1. The van der Waals surface area contributed by atoms with Crippen molar-refractivity contribution in [3.63, 3.8) is 0 Å². The molecule has 22 heavy (non-hydrogen) atoms. The molecular formula is C15H18ClN5O. The third-order valence-corrected chi connectivity index (χ3v) is 4.12. The first-order valence-corrected chi connectivity index (χ1v) is 7.75. The number of nitrogen functional groups attached to an aromatic ring is 1. The number of rotatable bonds is 4. The van der Waals surface area contributed by atoms with Crippen LogP contribution in [0.4, 0.5) is 5.69 Å². The molecule has 0 bridgehead atoms. The van der Waals surface area contributed by atoms with E-state index in [1.54, 1.807) is 18.2 Å². The van der Waals surface area contributed by atoms with Gasteiger partial charge in [-0.05, 0) is 44.1 Å². The van der Waals surface area contributed by atoms with Crippen molar-refractivity contribution in [3.05, 3.63) is 28.9 Å². The molecule has 0 radical (unpaired) electrons. The van der Waals surface area contributed by atoms with E-state index in [1.807, 2.05) is 0 Å². The molecule has 6 nitrogen and oxygen atoms in total. The number of nitrogens with zero attached hydrogens (tertiary/aromatic N) is 3. The van der Waals surface area contributed by atoms with Crippen LogP contribution in [-0.2, 0) is 0 Å². The minimum absolute atomic E-state index is 0.149. The Hall–Kier alpha value is -1.92. The van der Waals surface area contributed by atoms with E-state index in [0.29, 0.717) is 28.2 Å². The summed E-state index contributed by atoms with van der Waals surface area (Å²) in [5, 5.41) is 12.0. The summed E-state index contributed by atoms with van der Waals surface area (Å²) in [6, 6.07) is 5.14. The minimum Gasteiger partial charge on any atom is -0.396 e. The number of anilines is 1. The minimum atomic E-state index is -0.300. The standard InChI is InChI=1S/C15H18ClN5O/c16-10-3-4-12-11(9-10)13(17)14(20-19-12)15(22)18-5-8-21-6-1-2-7-21/h3-4,9H,1-2,5-8H2,(H2,17,19)(H,18,22). The van der Waals surface area contributed by atoms with E-state index < -0.39 is 0 Å². The highest BCUT2D eigenvalue weighted by Gasteiger charge is 2.16. The van der Waals surface area contributed by atoms with E-state index >= 15 is 0 Å². The predicted octanol–water partition coefficient (Wildman–Crippen LogP) is 1.69. The maximum absolute atomic E-state index is 12.2. The van der Waals surface area contributed by atoms with Crippen molar-refractivity contribution in [2.45, 2.75) is 12.8 Å². The fourth-order valence-electron chi connectivity index (χ4n) is 2.68. The molecule has 116 valence electrons. The summed E-state index contributed by atoms with van der Waals surface area (Å²) in [5.74, 6) is -0.300. The van der Waals surface area contributed by atoms with Gasteiger partial charge in [-0.2, -0.15) is 0 Å². The number of hydrogen-bond acceptors (Lipinski definition) is 5. The molecule has 0 unspecified atom stereocenters. The number of halogens is 1. The van der Waals surface area contributed by atoms with Gasteiger partial charge in [-0.1, -0.05) is 11.6 Å². The van der Waals surface area contributed by atoms with Gasteiger partial charge in [-0.3, -0.25) is 4.79 Å². The molecule has 2 aromatic rings.